The molecule has 0 heterocycles. The van der Waals surface area contributed by atoms with Crippen LogP contribution in [0, 0.1) is 5.41 Å². The van der Waals surface area contributed by atoms with Gasteiger partial charge in [0.25, 0.3) is 0 Å². The summed E-state index contributed by atoms with van der Waals surface area (Å²) in [6.07, 6.45) is 0. The van der Waals surface area contributed by atoms with Gasteiger partial charge in [-0.1, -0.05) is 29.3 Å². The lowest BCUT2D eigenvalue weighted by molar-refractivity contribution is 0.619. The predicted molar refractivity (Wildman–Crippen MR) is 57.0 cm³/mol. The highest BCUT2D eigenvalue weighted by atomic mass is 35.5. The third-order valence-corrected chi connectivity index (χ3v) is 2.47. The minimum absolute atomic E-state index is 0.354. The Balaban J connectivity index is 3.15. The lowest BCUT2D eigenvalue weighted by Crippen LogP contribution is -2.22. The van der Waals surface area contributed by atoms with Crippen molar-refractivity contribution in [2.45, 2.75) is 0 Å². The van der Waals surface area contributed by atoms with Gasteiger partial charge in [0.1, 0.15) is 5.84 Å². The van der Waals surface area contributed by atoms with Crippen molar-refractivity contribution in [3.63, 3.8) is 0 Å². The van der Waals surface area contributed by atoms with Gasteiger partial charge in [0, 0.05) is 19.7 Å². The van der Waals surface area contributed by atoms with Crippen molar-refractivity contribution in [2.24, 2.45) is 0 Å². The first-order valence-corrected chi connectivity index (χ1v) is 4.50. The fraction of sp³-hybridized carbons (Fsp3) is 0.222. The molecule has 1 aromatic carbocycles. The fourth-order valence-corrected chi connectivity index (χ4v) is 1.32. The van der Waals surface area contributed by atoms with Gasteiger partial charge in [-0.15, -0.1) is 0 Å². The third kappa shape index (κ3) is 2.14. The number of amidine groups is 1. The maximum absolute atomic E-state index is 7.70. The van der Waals surface area contributed by atoms with Gasteiger partial charge in [-0.25, -0.2) is 0 Å². The van der Waals surface area contributed by atoms with Crippen LogP contribution >= 0.6 is 23.2 Å². The van der Waals surface area contributed by atoms with Crippen LogP contribution in [-0.4, -0.2) is 24.8 Å². The van der Waals surface area contributed by atoms with Crippen molar-refractivity contribution in [3.05, 3.63) is 33.8 Å². The molecule has 1 aromatic rings. The first-order chi connectivity index (χ1) is 6.04. The van der Waals surface area contributed by atoms with Crippen LogP contribution in [-0.2, 0) is 0 Å². The van der Waals surface area contributed by atoms with Crippen LogP contribution in [0.5, 0.6) is 0 Å². The maximum atomic E-state index is 7.70. The normalized spacial score (nSPS) is 9.85. The smallest absolute Gasteiger partial charge is 0.129 e. The van der Waals surface area contributed by atoms with Crippen LogP contribution in [0.3, 0.4) is 0 Å². The summed E-state index contributed by atoms with van der Waals surface area (Å²) in [7, 11) is 3.58. The molecule has 70 valence electrons. The second-order valence-electron chi connectivity index (χ2n) is 2.84. The standard InChI is InChI=1S/C9H10Cl2N2/c1-13(2)9(12)6-4-3-5-7(10)8(6)11/h3-5,12H,1-2H3. The van der Waals surface area contributed by atoms with Crippen LogP contribution in [0.1, 0.15) is 5.56 Å². The number of benzene rings is 1. The topological polar surface area (TPSA) is 27.1 Å². The Morgan fingerprint density at radius 3 is 2.46 bits per heavy atom. The van der Waals surface area contributed by atoms with Crippen molar-refractivity contribution in [1.82, 2.24) is 4.90 Å². The van der Waals surface area contributed by atoms with Crippen LogP contribution in [0.4, 0.5) is 0 Å². The average Bonchev–Trinajstić information content (AvgIpc) is 2.08. The van der Waals surface area contributed by atoms with Crippen LogP contribution in [0.2, 0.25) is 10.0 Å². The molecule has 0 atom stereocenters. The van der Waals surface area contributed by atoms with Crippen molar-refractivity contribution in [3.8, 4) is 0 Å². The molecule has 0 aliphatic heterocycles. The Morgan fingerprint density at radius 2 is 1.92 bits per heavy atom. The minimum atomic E-state index is 0.354. The van der Waals surface area contributed by atoms with Gasteiger partial charge in [-0.3, -0.25) is 5.41 Å². The van der Waals surface area contributed by atoms with Gasteiger partial charge in [0.05, 0.1) is 10.0 Å². The molecule has 0 spiro atoms. The Kier molecular flexibility index (Phi) is 3.17. The zero-order chi connectivity index (χ0) is 10.0. The molecule has 0 unspecified atom stereocenters. The molecule has 1 rings (SSSR count). The zero-order valence-electron chi connectivity index (χ0n) is 7.44. The van der Waals surface area contributed by atoms with E-state index < -0.39 is 0 Å². The molecule has 1 N–H and O–H groups in total. The van der Waals surface area contributed by atoms with Crippen LogP contribution < -0.4 is 0 Å². The number of rotatable bonds is 1. The number of nitrogens with one attached hydrogen (secondary N) is 1. The molecule has 0 saturated heterocycles. The van der Waals surface area contributed by atoms with E-state index in [9.17, 15) is 0 Å². The second-order valence-corrected chi connectivity index (χ2v) is 3.63. The first-order valence-electron chi connectivity index (χ1n) is 3.74. The SMILES string of the molecule is CN(C)C(=N)c1cccc(Cl)c1Cl. The Hall–Kier alpha value is -0.730. The maximum Gasteiger partial charge on any atom is 0.129 e. The summed E-state index contributed by atoms with van der Waals surface area (Å²) in [5, 5.41) is 8.62. The highest BCUT2D eigenvalue weighted by molar-refractivity contribution is 6.43. The summed E-state index contributed by atoms with van der Waals surface area (Å²) < 4.78 is 0. The number of hydrogen-bond donors (Lipinski definition) is 1. The minimum Gasteiger partial charge on any atom is -0.363 e. The predicted octanol–water partition coefficient (Wildman–Crippen LogP) is 2.88. The summed E-state index contributed by atoms with van der Waals surface area (Å²) in [5.41, 5.74) is 0.652. The van der Waals surface area contributed by atoms with Crippen LogP contribution in [0.15, 0.2) is 18.2 Å². The van der Waals surface area contributed by atoms with Crippen molar-refractivity contribution in [2.75, 3.05) is 14.1 Å². The molecule has 0 aliphatic carbocycles. The van der Waals surface area contributed by atoms with Crippen molar-refractivity contribution >= 4 is 29.0 Å². The first kappa shape index (κ1) is 10.4. The number of hydrogen-bond acceptors (Lipinski definition) is 1. The molecular formula is C9H10Cl2N2. The van der Waals surface area contributed by atoms with E-state index in [-0.39, 0.29) is 0 Å². The summed E-state index contributed by atoms with van der Waals surface area (Å²) in [5.74, 6) is 0.354. The van der Waals surface area contributed by atoms with E-state index in [0.717, 1.165) is 0 Å². The van der Waals surface area contributed by atoms with Gasteiger partial charge < -0.3 is 4.90 Å². The summed E-state index contributed by atoms with van der Waals surface area (Å²) in [6.45, 7) is 0. The van der Waals surface area contributed by atoms with Gasteiger partial charge in [0.15, 0.2) is 0 Å². The molecule has 2 nitrogen and oxygen atoms in total. The molecule has 0 aliphatic rings. The van der Waals surface area contributed by atoms with Gasteiger partial charge >= 0.3 is 0 Å². The molecule has 0 amide bonds. The highest BCUT2D eigenvalue weighted by Gasteiger charge is 2.10. The van der Waals surface area contributed by atoms with E-state index in [2.05, 4.69) is 0 Å². The third-order valence-electron chi connectivity index (χ3n) is 1.65. The van der Waals surface area contributed by atoms with E-state index in [1.807, 2.05) is 0 Å². The molecule has 0 bridgehead atoms. The fourth-order valence-electron chi connectivity index (χ4n) is 0.928. The summed E-state index contributed by atoms with van der Waals surface area (Å²) >= 11 is 11.7. The van der Waals surface area contributed by atoms with Gasteiger partial charge in [0.2, 0.25) is 0 Å². The second kappa shape index (κ2) is 3.99. The average molecular weight is 217 g/mol. The molecule has 0 aromatic heterocycles. The lowest BCUT2D eigenvalue weighted by atomic mass is 10.2. The number of halogens is 2. The monoisotopic (exact) mass is 216 g/mol. The molecular weight excluding hydrogens is 207 g/mol. The molecule has 4 heteroatoms. The van der Waals surface area contributed by atoms with E-state index in [0.29, 0.717) is 21.4 Å². The number of nitrogens with zero attached hydrogens (tertiary/aromatic N) is 1. The molecule has 0 radical (unpaired) electrons. The van der Waals surface area contributed by atoms with E-state index >= 15 is 0 Å². The zero-order valence-corrected chi connectivity index (χ0v) is 8.95. The quantitative estimate of drug-likeness (QED) is 0.568. The Morgan fingerprint density at radius 1 is 1.31 bits per heavy atom. The molecule has 13 heavy (non-hydrogen) atoms. The van der Waals surface area contributed by atoms with Crippen molar-refractivity contribution in [1.29, 1.82) is 5.41 Å². The lowest BCUT2D eigenvalue weighted by Gasteiger charge is -2.15. The Labute approximate surface area is 87.6 Å². The van der Waals surface area contributed by atoms with E-state index in [1.165, 1.54) is 0 Å². The summed E-state index contributed by atoms with van der Waals surface area (Å²) in [6, 6.07) is 5.26. The highest BCUT2D eigenvalue weighted by Crippen LogP contribution is 2.25. The molecule has 0 fully saturated rings. The van der Waals surface area contributed by atoms with Crippen LogP contribution in [0.25, 0.3) is 0 Å². The summed E-state index contributed by atoms with van der Waals surface area (Å²) in [4.78, 5) is 1.68. The largest absolute Gasteiger partial charge is 0.363 e. The van der Waals surface area contributed by atoms with Gasteiger partial charge in [-0.2, -0.15) is 0 Å². The van der Waals surface area contributed by atoms with E-state index in [1.54, 1.807) is 37.2 Å². The van der Waals surface area contributed by atoms with Crippen molar-refractivity contribution < 1.29 is 0 Å². The van der Waals surface area contributed by atoms with E-state index in [4.69, 9.17) is 28.6 Å². The molecule has 0 saturated carbocycles. The van der Waals surface area contributed by atoms with Gasteiger partial charge in [-0.05, 0) is 12.1 Å². The Bertz CT molecular complexity index is 334.